The van der Waals surface area contributed by atoms with Crippen LogP contribution in [0.3, 0.4) is 0 Å². The normalized spacial score (nSPS) is 14.5. The second-order valence-electron chi connectivity index (χ2n) is 7.69. The topological polar surface area (TPSA) is 82.7 Å². The summed E-state index contributed by atoms with van der Waals surface area (Å²) in [6.45, 7) is 8.31. The Hall–Kier alpha value is -2.83. The lowest BCUT2D eigenvalue weighted by atomic mass is 10.00. The summed E-state index contributed by atoms with van der Waals surface area (Å²) in [5.41, 5.74) is 2.50. The summed E-state index contributed by atoms with van der Waals surface area (Å²) in [4.78, 5) is 43.0. The van der Waals surface area contributed by atoms with E-state index in [1.54, 1.807) is 16.7 Å². The third kappa shape index (κ3) is 4.96. The fourth-order valence-corrected chi connectivity index (χ4v) is 3.57. The maximum Gasteiger partial charge on any atom is 0.409 e. The predicted molar refractivity (Wildman–Crippen MR) is 112 cm³/mol. The molecule has 2 aromatic rings. The summed E-state index contributed by atoms with van der Waals surface area (Å²) < 4.78 is 5.00. The van der Waals surface area contributed by atoms with Crippen molar-refractivity contribution in [2.45, 2.75) is 39.5 Å². The van der Waals surface area contributed by atoms with Crippen LogP contribution in [0.4, 0.5) is 4.79 Å². The zero-order valence-corrected chi connectivity index (χ0v) is 17.4. The van der Waals surface area contributed by atoms with Crippen molar-refractivity contribution >= 4 is 22.9 Å². The molecule has 0 saturated carbocycles. The molecule has 1 aromatic carbocycles. The predicted octanol–water partition coefficient (Wildman–Crippen LogP) is 2.88. The van der Waals surface area contributed by atoms with E-state index < -0.39 is 0 Å². The zero-order chi connectivity index (χ0) is 21.0. The second kappa shape index (κ2) is 9.11. The third-order valence-corrected chi connectivity index (χ3v) is 5.38. The highest BCUT2D eigenvalue weighted by Crippen LogP contribution is 2.20. The summed E-state index contributed by atoms with van der Waals surface area (Å²) in [7, 11) is 0. The number of hydrogen-bond donors (Lipinski definition) is 1. The molecule has 1 aliphatic rings. The number of aryl methyl sites for hydroxylation is 1. The number of fused-ring (bicyclic) bond motifs is 1. The molecular formula is C22H29N3O4. The van der Waals surface area contributed by atoms with Crippen molar-refractivity contribution in [1.29, 1.82) is 0 Å². The zero-order valence-electron chi connectivity index (χ0n) is 17.4. The Labute approximate surface area is 170 Å². The van der Waals surface area contributed by atoms with E-state index in [9.17, 15) is 14.4 Å². The molecule has 29 heavy (non-hydrogen) atoms. The van der Waals surface area contributed by atoms with Crippen molar-refractivity contribution < 1.29 is 14.3 Å². The number of H-pyrrole nitrogens is 1. The Bertz CT molecular complexity index is 943. The number of piperazine rings is 1. The largest absolute Gasteiger partial charge is 0.450 e. The van der Waals surface area contributed by atoms with Crippen LogP contribution in [0.5, 0.6) is 0 Å². The van der Waals surface area contributed by atoms with Crippen LogP contribution < -0.4 is 5.56 Å². The monoisotopic (exact) mass is 399 g/mol. The molecule has 1 aromatic heterocycles. The number of nitrogens with one attached hydrogen (secondary N) is 1. The molecule has 7 heteroatoms. The summed E-state index contributed by atoms with van der Waals surface area (Å²) in [6.07, 6.45) is 0.342. The van der Waals surface area contributed by atoms with E-state index in [-0.39, 0.29) is 24.0 Å². The first-order chi connectivity index (χ1) is 13.9. The first-order valence-electron chi connectivity index (χ1n) is 10.2. The van der Waals surface area contributed by atoms with Crippen LogP contribution in [-0.2, 0) is 16.0 Å². The highest BCUT2D eigenvalue weighted by atomic mass is 16.6. The van der Waals surface area contributed by atoms with Crippen molar-refractivity contribution in [3.05, 3.63) is 45.7 Å². The van der Waals surface area contributed by atoms with Gasteiger partial charge in [-0.05, 0) is 48.4 Å². The van der Waals surface area contributed by atoms with Crippen LogP contribution in [0.15, 0.2) is 29.1 Å². The number of benzene rings is 1. The Morgan fingerprint density at radius 2 is 1.79 bits per heavy atom. The molecule has 1 N–H and O–H groups in total. The minimum atomic E-state index is -0.330. The number of amides is 2. The van der Waals surface area contributed by atoms with Crippen LogP contribution in [-0.4, -0.2) is 59.6 Å². The van der Waals surface area contributed by atoms with E-state index in [0.29, 0.717) is 50.7 Å². The summed E-state index contributed by atoms with van der Waals surface area (Å²) in [5.74, 6) is 0.411. The maximum absolute atomic E-state index is 12.6. The second-order valence-corrected chi connectivity index (χ2v) is 7.69. The molecule has 0 radical (unpaired) electrons. The first kappa shape index (κ1) is 20.9. The van der Waals surface area contributed by atoms with Crippen LogP contribution in [0.25, 0.3) is 10.9 Å². The minimum absolute atomic E-state index is 0.00365. The molecule has 0 aliphatic carbocycles. The third-order valence-electron chi connectivity index (χ3n) is 5.38. The lowest BCUT2D eigenvalue weighted by molar-refractivity contribution is -0.132. The minimum Gasteiger partial charge on any atom is -0.450 e. The molecule has 1 saturated heterocycles. The maximum atomic E-state index is 12.6. The fraction of sp³-hybridized carbons (Fsp3) is 0.500. The van der Waals surface area contributed by atoms with E-state index in [2.05, 4.69) is 24.9 Å². The quantitative estimate of drug-likeness (QED) is 0.838. The lowest BCUT2D eigenvalue weighted by Gasteiger charge is -2.34. The number of rotatable bonds is 5. The van der Waals surface area contributed by atoms with E-state index in [4.69, 9.17) is 4.74 Å². The van der Waals surface area contributed by atoms with Gasteiger partial charge in [-0.25, -0.2) is 4.79 Å². The molecule has 0 atom stereocenters. The van der Waals surface area contributed by atoms with Crippen molar-refractivity contribution in [2.24, 2.45) is 0 Å². The molecule has 2 amide bonds. The number of hydrogen-bond acceptors (Lipinski definition) is 4. The van der Waals surface area contributed by atoms with Crippen molar-refractivity contribution in [2.75, 3.05) is 32.8 Å². The Morgan fingerprint density at radius 1 is 1.10 bits per heavy atom. The molecule has 7 nitrogen and oxygen atoms in total. The van der Waals surface area contributed by atoms with Crippen LogP contribution in [0.1, 0.15) is 44.2 Å². The highest BCUT2D eigenvalue weighted by molar-refractivity contribution is 5.80. The number of carbonyl (C=O) groups excluding carboxylic acids is 2. The molecule has 3 rings (SSSR count). The number of aromatic amines is 1. The van der Waals surface area contributed by atoms with Gasteiger partial charge in [-0.3, -0.25) is 9.59 Å². The Morgan fingerprint density at radius 3 is 2.45 bits per heavy atom. The lowest BCUT2D eigenvalue weighted by Crippen LogP contribution is -2.50. The van der Waals surface area contributed by atoms with Gasteiger partial charge in [-0.15, -0.1) is 0 Å². The van der Waals surface area contributed by atoms with Crippen molar-refractivity contribution in [3.8, 4) is 0 Å². The van der Waals surface area contributed by atoms with Gasteiger partial charge >= 0.3 is 6.09 Å². The molecule has 1 aliphatic heterocycles. The smallest absolute Gasteiger partial charge is 0.409 e. The molecule has 156 valence electrons. The van der Waals surface area contributed by atoms with Gasteiger partial charge in [0.25, 0.3) is 5.56 Å². The van der Waals surface area contributed by atoms with Crippen molar-refractivity contribution in [3.63, 3.8) is 0 Å². The number of carbonyl (C=O) groups is 2. The summed E-state index contributed by atoms with van der Waals surface area (Å²) in [6, 6.07) is 7.95. The van der Waals surface area contributed by atoms with Gasteiger partial charge in [0.15, 0.2) is 0 Å². The molecule has 0 bridgehead atoms. The summed E-state index contributed by atoms with van der Waals surface area (Å²) >= 11 is 0. The van der Waals surface area contributed by atoms with Gasteiger partial charge in [0, 0.05) is 43.7 Å². The average molecular weight is 399 g/mol. The van der Waals surface area contributed by atoms with Crippen LogP contribution >= 0.6 is 0 Å². The Kier molecular flexibility index (Phi) is 6.56. The van der Waals surface area contributed by atoms with Gasteiger partial charge < -0.3 is 19.5 Å². The average Bonchev–Trinajstić information content (AvgIpc) is 2.71. The van der Waals surface area contributed by atoms with Gasteiger partial charge in [0.2, 0.25) is 5.91 Å². The first-order valence-corrected chi connectivity index (χ1v) is 10.2. The summed E-state index contributed by atoms with van der Waals surface area (Å²) in [5, 5.41) is 0.987. The van der Waals surface area contributed by atoms with Gasteiger partial charge in [-0.2, -0.15) is 0 Å². The number of nitrogens with zero attached hydrogens (tertiary/aromatic N) is 2. The van der Waals surface area contributed by atoms with Gasteiger partial charge in [0.1, 0.15) is 0 Å². The van der Waals surface area contributed by atoms with Gasteiger partial charge in [-0.1, -0.05) is 19.9 Å². The van der Waals surface area contributed by atoms with Crippen molar-refractivity contribution in [1.82, 2.24) is 14.8 Å². The van der Waals surface area contributed by atoms with Crippen LogP contribution in [0.2, 0.25) is 0 Å². The molecular weight excluding hydrogens is 370 g/mol. The Balaban J connectivity index is 1.61. The molecule has 0 spiro atoms. The van der Waals surface area contributed by atoms with Gasteiger partial charge in [0.05, 0.1) is 6.61 Å². The number of aromatic nitrogens is 1. The van der Waals surface area contributed by atoms with Crippen LogP contribution in [0, 0.1) is 0 Å². The molecule has 2 heterocycles. The number of ether oxygens (including phenoxy) is 1. The standard InChI is InChI=1S/C22H29N3O4/c1-4-29-22(28)25-11-9-24(10-12-25)20(26)8-6-17-14-18-13-16(15(2)3)5-7-19(18)23-21(17)27/h5,7,13-15H,4,6,8-12H2,1-3H3,(H,23,27). The van der Waals surface area contributed by atoms with E-state index in [0.717, 1.165) is 10.9 Å². The highest BCUT2D eigenvalue weighted by Gasteiger charge is 2.24. The fourth-order valence-electron chi connectivity index (χ4n) is 3.57. The number of pyridine rings is 1. The van der Waals surface area contributed by atoms with E-state index in [1.807, 2.05) is 18.2 Å². The molecule has 0 unspecified atom stereocenters. The SMILES string of the molecule is CCOC(=O)N1CCN(C(=O)CCc2cc3cc(C(C)C)ccc3[nH]c2=O)CC1. The van der Waals surface area contributed by atoms with E-state index in [1.165, 1.54) is 5.56 Å². The molecule has 1 fully saturated rings. The van der Waals surface area contributed by atoms with E-state index >= 15 is 0 Å².